The highest BCUT2D eigenvalue weighted by Gasteiger charge is 2.34. The number of nitrogens with zero attached hydrogens (tertiary/aromatic N) is 1. The van der Waals surface area contributed by atoms with Gasteiger partial charge in [-0.25, -0.2) is 0 Å². The van der Waals surface area contributed by atoms with Crippen molar-refractivity contribution < 1.29 is 9.90 Å². The average molecular weight is 247 g/mol. The van der Waals surface area contributed by atoms with Gasteiger partial charge in [0.05, 0.1) is 5.92 Å². The van der Waals surface area contributed by atoms with Gasteiger partial charge in [-0.3, -0.25) is 9.69 Å². The number of rotatable bonds is 4. The quantitative estimate of drug-likeness (QED) is 0.888. The highest BCUT2D eigenvalue weighted by Crippen LogP contribution is 2.24. The van der Waals surface area contributed by atoms with Crippen LogP contribution in [0.3, 0.4) is 0 Å². The molecular weight excluding hydrogens is 226 g/mol. The lowest BCUT2D eigenvalue weighted by molar-refractivity contribution is -0.142. The number of hydrogen-bond acceptors (Lipinski definition) is 2. The van der Waals surface area contributed by atoms with Crippen molar-refractivity contribution in [1.82, 2.24) is 4.90 Å². The Balaban J connectivity index is 1.96. The van der Waals surface area contributed by atoms with Gasteiger partial charge in [-0.15, -0.1) is 0 Å². The van der Waals surface area contributed by atoms with Crippen LogP contribution in [0.15, 0.2) is 24.3 Å². The maximum atomic E-state index is 11.1. The number of aliphatic carboxylic acids is 1. The van der Waals surface area contributed by atoms with Crippen LogP contribution >= 0.6 is 0 Å². The summed E-state index contributed by atoms with van der Waals surface area (Å²) in [6.07, 6.45) is 1.06. The Morgan fingerprint density at radius 1 is 1.28 bits per heavy atom. The minimum Gasteiger partial charge on any atom is -0.481 e. The Hall–Kier alpha value is -1.35. The fourth-order valence-corrected chi connectivity index (χ4v) is 2.66. The zero-order valence-electron chi connectivity index (χ0n) is 11.1. The molecule has 0 spiro atoms. The number of hydrogen-bond donors (Lipinski definition) is 1. The van der Waals surface area contributed by atoms with Crippen LogP contribution in [0.4, 0.5) is 0 Å². The summed E-state index contributed by atoms with van der Waals surface area (Å²) < 4.78 is 0. The van der Waals surface area contributed by atoms with Crippen LogP contribution in [0.1, 0.15) is 25.0 Å². The molecule has 1 N–H and O–H groups in total. The molecule has 1 fully saturated rings. The number of benzene rings is 1. The van der Waals surface area contributed by atoms with Crippen molar-refractivity contribution in [2.45, 2.75) is 26.8 Å². The largest absolute Gasteiger partial charge is 0.481 e. The maximum Gasteiger partial charge on any atom is 0.308 e. The second kappa shape index (κ2) is 5.53. The molecule has 1 heterocycles. The number of likely N-dealkylation sites (tertiary alicyclic amines) is 1. The molecular formula is C15H21NO2. The third-order valence-corrected chi connectivity index (χ3v) is 3.84. The predicted octanol–water partition coefficient (Wildman–Crippen LogP) is 2.40. The fourth-order valence-electron chi connectivity index (χ4n) is 2.66. The van der Waals surface area contributed by atoms with Crippen molar-refractivity contribution in [2.75, 3.05) is 13.1 Å². The van der Waals surface area contributed by atoms with E-state index in [4.69, 9.17) is 5.11 Å². The molecule has 1 saturated heterocycles. The van der Waals surface area contributed by atoms with Crippen LogP contribution in [-0.4, -0.2) is 29.1 Å². The Morgan fingerprint density at radius 3 is 2.39 bits per heavy atom. The van der Waals surface area contributed by atoms with E-state index in [1.807, 2.05) is 6.92 Å². The highest BCUT2D eigenvalue weighted by molar-refractivity contribution is 5.71. The van der Waals surface area contributed by atoms with E-state index in [0.717, 1.165) is 19.5 Å². The van der Waals surface area contributed by atoms with Gasteiger partial charge in [-0.05, 0) is 23.5 Å². The standard InChI is InChI=1S/C15H21NO2/c1-3-12-4-6-13(7-5-12)9-16-8-11(2)14(10-16)15(17)18/h4-7,11,14H,3,8-10H2,1-2H3,(H,17,18)/t11-,14-/m1/s1. The molecule has 18 heavy (non-hydrogen) atoms. The average Bonchev–Trinajstić information content (AvgIpc) is 2.71. The minimum absolute atomic E-state index is 0.208. The molecule has 1 aromatic carbocycles. The Labute approximate surface area is 108 Å². The lowest BCUT2D eigenvalue weighted by Crippen LogP contribution is -2.23. The molecule has 1 aliphatic heterocycles. The van der Waals surface area contributed by atoms with E-state index in [1.165, 1.54) is 11.1 Å². The smallest absolute Gasteiger partial charge is 0.308 e. The molecule has 1 aromatic rings. The summed E-state index contributed by atoms with van der Waals surface area (Å²) in [5.74, 6) is -0.622. The summed E-state index contributed by atoms with van der Waals surface area (Å²) in [6, 6.07) is 8.61. The van der Waals surface area contributed by atoms with Crippen LogP contribution in [0.5, 0.6) is 0 Å². The first-order valence-corrected chi connectivity index (χ1v) is 6.63. The van der Waals surface area contributed by atoms with Gasteiger partial charge in [0.2, 0.25) is 0 Å². The van der Waals surface area contributed by atoms with Crippen LogP contribution < -0.4 is 0 Å². The Bertz CT molecular complexity index is 413. The second-order valence-electron chi connectivity index (χ2n) is 5.29. The van der Waals surface area contributed by atoms with E-state index in [1.54, 1.807) is 0 Å². The number of carbonyl (C=O) groups is 1. The highest BCUT2D eigenvalue weighted by atomic mass is 16.4. The SMILES string of the molecule is CCc1ccc(CN2C[C@@H](C)[C@H](C(=O)O)C2)cc1. The first kappa shape index (κ1) is 13.1. The van der Waals surface area contributed by atoms with Gasteiger partial charge >= 0.3 is 5.97 Å². The van der Waals surface area contributed by atoms with Crippen molar-refractivity contribution in [3.8, 4) is 0 Å². The zero-order chi connectivity index (χ0) is 13.1. The van der Waals surface area contributed by atoms with Crippen molar-refractivity contribution in [2.24, 2.45) is 11.8 Å². The third kappa shape index (κ3) is 2.91. The van der Waals surface area contributed by atoms with Crippen molar-refractivity contribution in [3.63, 3.8) is 0 Å². The maximum absolute atomic E-state index is 11.1. The van der Waals surface area contributed by atoms with Crippen LogP contribution in [0, 0.1) is 11.8 Å². The molecule has 0 radical (unpaired) electrons. The molecule has 0 unspecified atom stereocenters. The monoisotopic (exact) mass is 247 g/mol. The van der Waals surface area contributed by atoms with Gasteiger partial charge in [0.25, 0.3) is 0 Å². The molecule has 0 saturated carbocycles. The fraction of sp³-hybridized carbons (Fsp3) is 0.533. The summed E-state index contributed by atoms with van der Waals surface area (Å²) in [7, 11) is 0. The molecule has 1 aliphatic rings. The lowest BCUT2D eigenvalue weighted by atomic mass is 9.99. The van der Waals surface area contributed by atoms with E-state index in [-0.39, 0.29) is 11.8 Å². The summed E-state index contributed by atoms with van der Waals surface area (Å²) in [6.45, 7) is 6.59. The summed E-state index contributed by atoms with van der Waals surface area (Å²) in [5, 5.41) is 9.11. The van der Waals surface area contributed by atoms with E-state index >= 15 is 0 Å². The van der Waals surface area contributed by atoms with Crippen molar-refractivity contribution in [1.29, 1.82) is 0 Å². The molecule has 0 aliphatic carbocycles. The van der Waals surface area contributed by atoms with Crippen LogP contribution in [-0.2, 0) is 17.8 Å². The van der Waals surface area contributed by atoms with E-state index in [0.29, 0.717) is 6.54 Å². The topological polar surface area (TPSA) is 40.5 Å². The number of carboxylic acid groups (broad SMARTS) is 1. The molecule has 0 aromatic heterocycles. The first-order chi connectivity index (χ1) is 8.60. The summed E-state index contributed by atoms with van der Waals surface area (Å²) >= 11 is 0. The van der Waals surface area contributed by atoms with Gasteiger partial charge in [0.15, 0.2) is 0 Å². The van der Waals surface area contributed by atoms with Crippen molar-refractivity contribution in [3.05, 3.63) is 35.4 Å². The van der Waals surface area contributed by atoms with Crippen LogP contribution in [0.25, 0.3) is 0 Å². The van der Waals surface area contributed by atoms with E-state index in [9.17, 15) is 4.79 Å². The van der Waals surface area contributed by atoms with Gasteiger partial charge in [-0.2, -0.15) is 0 Å². The second-order valence-corrected chi connectivity index (χ2v) is 5.29. The van der Waals surface area contributed by atoms with Gasteiger partial charge in [0.1, 0.15) is 0 Å². The van der Waals surface area contributed by atoms with E-state index in [2.05, 4.69) is 36.1 Å². The molecule has 98 valence electrons. The van der Waals surface area contributed by atoms with Gasteiger partial charge < -0.3 is 5.11 Å². The predicted molar refractivity (Wildman–Crippen MR) is 71.4 cm³/mol. The minimum atomic E-state index is -0.661. The summed E-state index contributed by atoms with van der Waals surface area (Å²) in [4.78, 5) is 13.3. The van der Waals surface area contributed by atoms with Gasteiger partial charge in [0, 0.05) is 19.6 Å². The normalized spacial score (nSPS) is 24.3. The van der Waals surface area contributed by atoms with Crippen LogP contribution in [0.2, 0.25) is 0 Å². The van der Waals surface area contributed by atoms with Crippen molar-refractivity contribution >= 4 is 5.97 Å². The zero-order valence-corrected chi connectivity index (χ0v) is 11.1. The Morgan fingerprint density at radius 2 is 1.89 bits per heavy atom. The molecule has 3 nitrogen and oxygen atoms in total. The third-order valence-electron chi connectivity index (χ3n) is 3.84. The molecule has 0 amide bonds. The Kier molecular flexibility index (Phi) is 4.02. The number of aryl methyl sites for hydroxylation is 1. The van der Waals surface area contributed by atoms with E-state index < -0.39 is 5.97 Å². The molecule has 2 atom stereocenters. The van der Waals surface area contributed by atoms with Gasteiger partial charge in [-0.1, -0.05) is 38.1 Å². The molecule has 3 heteroatoms. The molecule has 2 rings (SSSR count). The number of carboxylic acids is 1. The molecule has 0 bridgehead atoms. The lowest BCUT2D eigenvalue weighted by Gasteiger charge is -2.15. The first-order valence-electron chi connectivity index (χ1n) is 6.63. The summed E-state index contributed by atoms with van der Waals surface area (Å²) in [5.41, 5.74) is 2.61.